The van der Waals surface area contributed by atoms with E-state index >= 15 is 0 Å². The predicted octanol–water partition coefficient (Wildman–Crippen LogP) is 3.25. The standard InChI is InChI=1S/C32H66Ge2N2O10/c1-33(2,3)9-7-31(37)45-21-15-35-11-17-39-23-27-43-29-25-41-19-13-36(16-22-46-32(38)8-10-34(4,5)6)14-20-42-26-30-44-28-24-40-18-12-35/h7-30H2,1-6H3. The molecule has 0 saturated carbocycles. The molecule has 0 aromatic heterocycles. The first-order valence-corrected chi connectivity index (χ1v) is 32.7. The zero-order valence-electron chi connectivity index (χ0n) is 29.9. The van der Waals surface area contributed by atoms with Crippen LogP contribution in [0.1, 0.15) is 12.8 Å². The summed E-state index contributed by atoms with van der Waals surface area (Å²) in [6.07, 6.45) is 1.03. The van der Waals surface area contributed by atoms with Crippen LogP contribution in [0.2, 0.25) is 45.0 Å². The third kappa shape index (κ3) is 29.8. The van der Waals surface area contributed by atoms with Crippen LogP contribution in [-0.2, 0) is 47.5 Å². The van der Waals surface area contributed by atoms with Gasteiger partial charge in [0, 0.05) is 0 Å². The molecule has 1 fully saturated rings. The molecule has 0 spiro atoms. The fraction of sp³-hybridized carbons (Fsp3) is 0.938. The van der Waals surface area contributed by atoms with Crippen molar-refractivity contribution in [1.29, 1.82) is 0 Å². The average Bonchev–Trinajstić information content (AvgIpc) is 2.98. The number of carbonyl (C=O) groups excluding carboxylic acids is 2. The van der Waals surface area contributed by atoms with Crippen LogP contribution in [0.4, 0.5) is 0 Å². The summed E-state index contributed by atoms with van der Waals surface area (Å²) >= 11 is -3.49. The van der Waals surface area contributed by atoms with Gasteiger partial charge in [0.2, 0.25) is 0 Å². The van der Waals surface area contributed by atoms with Crippen molar-refractivity contribution in [2.45, 2.75) is 57.9 Å². The monoisotopic (exact) mass is 786 g/mol. The second kappa shape index (κ2) is 27.5. The van der Waals surface area contributed by atoms with E-state index in [4.69, 9.17) is 37.9 Å². The van der Waals surface area contributed by atoms with Gasteiger partial charge in [-0.2, -0.15) is 0 Å². The van der Waals surface area contributed by atoms with Gasteiger partial charge in [-0.05, 0) is 0 Å². The quantitative estimate of drug-likeness (QED) is 0.214. The van der Waals surface area contributed by atoms with Crippen LogP contribution < -0.4 is 0 Å². The van der Waals surface area contributed by atoms with E-state index in [-0.39, 0.29) is 11.9 Å². The van der Waals surface area contributed by atoms with Crippen LogP contribution in [-0.4, -0.2) is 180 Å². The summed E-state index contributed by atoms with van der Waals surface area (Å²) in [5, 5.41) is 1.98. The third-order valence-corrected chi connectivity index (χ3v) is 14.5. The third-order valence-electron chi connectivity index (χ3n) is 7.19. The number of nitrogens with zero attached hydrogens (tertiary/aromatic N) is 2. The van der Waals surface area contributed by atoms with Gasteiger partial charge in [-0.25, -0.2) is 0 Å². The molecule has 1 heterocycles. The van der Waals surface area contributed by atoms with Crippen molar-refractivity contribution >= 4 is 38.5 Å². The molecule has 1 aliphatic heterocycles. The number of hydrogen-bond donors (Lipinski definition) is 0. The second-order valence-electron chi connectivity index (χ2n) is 13.9. The molecular formula is C32H66Ge2N2O10. The van der Waals surface area contributed by atoms with Crippen LogP contribution in [0.15, 0.2) is 0 Å². The van der Waals surface area contributed by atoms with E-state index in [0.717, 1.165) is 10.5 Å². The van der Waals surface area contributed by atoms with E-state index in [2.05, 4.69) is 44.3 Å². The minimum absolute atomic E-state index is 0.107. The van der Waals surface area contributed by atoms with E-state index in [0.29, 0.717) is 145 Å². The van der Waals surface area contributed by atoms with Crippen molar-refractivity contribution < 1.29 is 47.5 Å². The Balaban J connectivity index is 2.40. The van der Waals surface area contributed by atoms with Gasteiger partial charge in [-0.1, -0.05) is 0 Å². The first kappa shape index (κ1) is 43.7. The molecule has 272 valence electrons. The normalized spacial score (nSPS) is 19.6. The maximum absolute atomic E-state index is 12.1. The van der Waals surface area contributed by atoms with Crippen LogP contribution >= 0.6 is 0 Å². The Labute approximate surface area is 284 Å². The molecule has 0 amide bonds. The van der Waals surface area contributed by atoms with E-state index < -0.39 is 26.5 Å². The van der Waals surface area contributed by atoms with Gasteiger partial charge in [-0.3, -0.25) is 0 Å². The summed E-state index contributed by atoms with van der Waals surface area (Å²) in [7, 11) is 0. The van der Waals surface area contributed by atoms with Gasteiger partial charge in [0.1, 0.15) is 0 Å². The molecule has 1 aliphatic rings. The van der Waals surface area contributed by atoms with Crippen LogP contribution in [0, 0.1) is 0 Å². The molecule has 0 radical (unpaired) electrons. The van der Waals surface area contributed by atoms with Gasteiger partial charge in [-0.15, -0.1) is 0 Å². The predicted molar refractivity (Wildman–Crippen MR) is 185 cm³/mol. The average molecular weight is 784 g/mol. The van der Waals surface area contributed by atoms with Crippen molar-refractivity contribution in [1.82, 2.24) is 9.80 Å². The maximum atomic E-state index is 12.1. The summed E-state index contributed by atoms with van der Waals surface area (Å²) < 4.78 is 45.5. The van der Waals surface area contributed by atoms with Crippen molar-refractivity contribution in [3.63, 3.8) is 0 Å². The first-order valence-electron chi connectivity index (χ1n) is 17.2. The Hall–Kier alpha value is -0.294. The molecule has 12 nitrogen and oxygen atoms in total. The zero-order chi connectivity index (χ0) is 33.9. The molecule has 14 heteroatoms. The number of esters is 2. The SMILES string of the molecule is [CH3][Ge]([CH3])([CH3])[CH2]CC(=O)OCCN1CCOCCOCCOCCN(CCOC(=O)C[CH2][Ge]([CH3])([CH3])[CH3])CCOCCOCCOCC1. The fourth-order valence-corrected chi connectivity index (χ4v) is 8.21. The van der Waals surface area contributed by atoms with Gasteiger partial charge < -0.3 is 9.47 Å². The van der Waals surface area contributed by atoms with Gasteiger partial charge in [0.05, 0.1) is 0 Å². The summed E-state index contributed by atoms with van der Waals surface area (Å²) in [4.78, 5) is 28.7. The number of rotatable bonds is 12. The molecule has 1 rings (SSSR count). The van der Waals surface area contributed by atoms with E-state index in [1.54, 1.807) is 0 Å². The molecule has 0 unspecified atom stereocenters. The van der Waals surface area contributed by atoms with E-state index in [1.165, 1.54) is 0 Å². The van der Waals surface area contributed by atoms with Crippen molar-refractivity contribution in [2.75, 3.05) is 132 Å². The fourth-order valence-electron chi connectivity index (χ4n) is 4.20. The first-order chi connectivity index (χ1) is 21.9. The molecular weight excluding hydrogens is 718 g/mol. The number of hydrogen-bond acceptors (Lipinski definition) is 12. The molecule has 0 atom stereocenters. The summed E-state index contributed by atoms with van der Waals surface area (Å²) in [6, 6.07) is 0. The van der Waals surface area contributed by atoms with E-state index in [9.17, 15) is 9.59 Å². The van der Waals surface area contributed by atoms with Crippen LogP contribution in [0.25, 0.3) is 0 Å². The zero-order valence-corrected chi connectivity index (χ0v) is 34.1. The molecule has 0 aliphatic carbocycles. The molecule has 0 N–H and O–H groups in total. The van der Waals surface area contributed by atoms with Crippen molar-refractivity contribution in [3.05, 3.63) is 0 Å². The van der Waals surface area contributed by atoms with E-state index in [1.807, 2.05) is 0 Å². The molecule has 0 aromatic rings. The molecule has 0 aromatic carbocycles. The molecule has 1 saturated heterocycles. The van der Waals surface area contributed by atoms with Gasteiger partial charge in [0.25, 0.3) is 0 Å². The number of ether oxygens (including phenoxy) is 8. The van der Waals surface area contributed by atoms with Crippen molar-refractivity contribution in [3.8, 4) is 0 Å². The molecule has 46 heavy (non-hydrogen) atoms. The second-order valence-corrected chi connectivity index (χ2v) is 37.5. The molecule has 0 bridgehead atoms. The van der Waals surface area contributed by atoms with Gasteiger partial charge in [0.15, 0.2) is 0 Å². The summed E-state index contributed by atoms with van der Waals surface area (Å²) in [6.45, 7) is 11.1. The topological polar surface area (TPSA) is 114 Å². The van der Waals surface area contributed by atoms with Crippen LogP contribution in [0.3, 0.4) is 0 Å². The minimum atomic E-state index is -1.75. The Kier molecular flexibility index (Phi) is 26.2. The number of carbonyl (C=O) groups is 2. The Bertz CT molecular complexity index is 682. The Morgan fingerprint density at radius 2 is 0.739 bits per heavy atom. The van der Waals surface area contributed by atoms with Crippen LogP contribution in [0.5, 0.6) is 0 Å². The Morgan fingerprint density at radius 3 is 1.00 bits per heavy atom. The Morgan fingerprint density at radius 1 is 0.478 bits per heavy atom. The van der Waals surface area contributed by atoms with Gasteiger partial charge >= 0.3 is 276 Å². The summed E-state index contributed by atoms with van der Waals surface area (Å²) in [5.41, 5.74) is 0. The van der Waals surface area contributed by atoms with Crippen molar-refractivity contribution in [2.24, 2.45) is 0 Å². The summed E-state index contributed by atoms with van der Waals surface area (Å²) in [5.74, 6) is 13.6.